The van der Waals surface area contributed by atoms with Gasteiger partial charge in [-0.3, -0.25) is 0 Å². The number of hydrogen-bond acceptors (Lipinski definition) is 0. The number of hydrogen-bond donors (Lipinski definition) is 1. The normalized spacial score (nSPS) is 10.8. The summed E-state index contributed by atoms with van der Waals surface area (Å²) in [6.07, 6.45) is 3.28. The van der Waals surface area contributed by atoms with Gasteiger partial charge in [0.1, 0.15) is 0 Å². The van der Waals surface area contributed by atoms with Crippen LogP contribution < -0.4 is 0 Å². The van der Waals surface area contributed by atoms with Crippen LogP contribution in [-0.4, -0.2) is 4.98 Å². The average Bonchev–Trinajstić information content (AvgIpc) is 2.13. The van der Waals surface area contributed by atoms with E-state index in [1.165, 1.54) is 17.7 Å². The Balaban J connectivity index is 2.58. The molecule has 0 atom stereocenters. The second kappa shape index (κ2) is 2.91. The van der Waals surface area contributed by atoms with Crippen LogP contribution in [0.4, 0.5) is 0 Å². The minimum absolute atomic E-state index is 0.759. The number of aromatic amines is 1. The Morgan fingerprint density at radius 2 is 2.20 bits per heavy atom. The molecule has 1 aromatic heterocycles. The maximum absolute atomic E-state index is 3.17. The molecule has 10 heavy (non-hydrogen) atoms. The van der Waals surface area contributed by atoms with Crippen LogP contribution in [0, 0.1) is 12.8 Å². The fourth-order valence-electron chi connectivity index (χ4n) is 1.16. The van der Waals surface area contributed by atoms with E-state index in [0.717, 1.165) is 5.92 Å². The van der Waals surface area contributed by atoms with Crippen molar-refractivity contribution in [3.8, 4) is 0 Å². The van der Waals surface area contributed by atoms with Crippen LogP contribution >= 0.6 is 0 Å². The van der Waals surface area contributed by atoms with E-state index >= 15 is 0 Å². The van der Waals surface area contributed by atoms with E-state index in [0.29, 0.717) is 0 Å². The molecule has 0 saturated carbocycles. The Morgan fingerprint density at radius 1 is 1.50 bits per heavy atom. The summed E-state index contributed by atoms with van der Waals surface area (Å²) in [7, 11) is 0. The van der Waals surface area contributed by atoms with Gasteiger partial charge in [0.2, 0.25) is 0 Å². The molecular weight excluding hydrogens is 122 g/mol. The van der Waals surface area contributed by atoms with Crippen molar-refractivity contribution in [2.24, 2.45) is 5.92 Å². The number of aryl methyl sites for hydroxylation is 1. The van der Waals surface area contributed by atoms with Gasteiger partial charge in [0, 0.05) is 11.9 Å². The fraction of sp³-hybridized carbons (Fsp3) is 0.556. The minimum Gasteiger partial charge on any atom is -0.365 e. The molecule has 0 unspecified atom stereocenters. The number of nitrogens with one attached hydrogen (secondary N) is 1. The first-order valence-electron chi connectivity index (χ1n) is 3.82. The molecule has 1 aromatic rings. The quantitative estimate of drug-likeness (QED) is 0.644. The van der Waals surface area contributed by atoms with Gasteiger partial charge < -0.3 is 4.98 Å². The van der Waals surface area contributed by atoms with Gasteiger partial charge in [-0.25, -0.2) is 0 Å². The molecule has 0 aliphatic rings. The first kappa shape index (κ1) is 7.39. The third-order valence-corrected chi connectivity index (χ3v) is 1.53. The molecule has 0 bridgehead atoms. The van der Waals surface area contributed by atoms with Crippen LogP contribution in [0.5, 0.6) is 0 Å². The zero-order chi connectivity index (χ0) is 7.56. The first-order chi connectivity index (χ1) is 4.68. The van der Waals surface area contributed by atoms with Gasteiger partial charge in [-0.05, 0) is 30.9 Å². The van der Waals surface area contributed by atoms with E-state index < -0.39 is 0 Å². The molecule has 56 valence electrons. The van der Waals surface area contributed by atoms with Crippen molar-refractivity contribution < 1.29 is 0 Å². The van der Waals surface area contributed by atoms with Gasteiger partial charge in [-0.15, -0.1) is 0 Å². The van der Waals surface area contributed by atoms with E-state index in [4.69, 9.17) is 0 Å². The lowest BCUT2D eigenvalue weighted by molar-refractivity contribution is 0.648. The van der Waals surface area contributed by atoms with E-state index in [9.17, 15) is 0 Å². The Labute approximate surface area is 62.5 Å². The molecule has 0 spiro atoms. The van der Waals surface area contributed by atoms with Gasteiger partial charge in [0.05, 0.1) is 0 Å². The summed E-state index contributed by atoms with van der Waals surface area (Å²) >= 11 is 0. The van der Waals surface area contributed by atoms with E-state index in [2.05, 4.69) is 38.0 Å². The number of rotatable bonds is 2. The summed E-state index contributed by atoms with van der Waals surface area (Å²) in [6, 6.07) is 2.21. The Morgan fingerprint density at radius 3 is 2.60 bits per heavy atom. The Kier molecular flexibility index (Phi) is 2.15. The van der Waals surface area contributed by atoms with Crippen molar-refractivity contribution in [3.63, 3.8) is 0 Å². The highest BCUT2D eigenvalue weighted by molar-refractivity contribution is 5.15. The monoisotopic (exact) mass is 137 g/mol. The molecule has 1 nitrogen and oxygen atoms in total. The first-order valence-corrected chi connectivity index (χ1v) is 3.82. The molecule has 0 radical (unpaired) electrons. The standard InChI is InChI=1S/C9H15N/c1-7(2)4-9-5-8(3)10-6-9/h5-7,10H,4H2,1-3H3. The van der Waals surface area contributed by atoms with Crippen molar-refractivity contribution in [3.05, 3.63) is 23.5 Å². The van der Waals surface area contributed by atoms with Crippen molar-refractivity contribution in [2.75, 3.05) is 0 Å². The van der Waals surface area contributed by atoms with Gasteiger partial charge in [0.25, 0.3) is 0 Å². The van der Waals surface area contributed by atoms with Crippen molar-refractivity contribution in [2.45, 2.75) is 27.2 Å². The third kappa shape index (κ3) is 1.90. The van der Waals surface area contributed by atoms with Gasteiger partial charge in [-0.2, -0.15) is 0 Å². The molecule has 0 aliphatic heterocycles. The van der Waals surface area contributed by atoms with E-state index in [1.54, 1.807) is 0 Å². The summed E-state index contributed by atoms with van der Waals surface area (Å²) in [5.41, 5.74) is 2.68. The SMILES string of the molecule is Cc1cc(CC(C)C)c[nH]1. The maximum atomic E-state index is 3.17. The molecule has 1 heteroatoms. The summed E-state index contributed by atoms with van der Waals surface area (Å²) in [5.74, 6) is 0.759. The maximum Gasteiger partial charge on any atom is 0.0118 e. The van der Waals surface area contributed by atoms with Crippen LogP contribution in [-0.2, 0) is 6.42 Å². The summed E-state index contributed by atoms with van der Waals surface area (Å²) in [4.78, 5) is 3.17. The van der Waals surface area contributed by atoms with Crippen LogP contribution in [0.25, 0.3) is 0 Å². The highest BCUT2D eigenvalue weighted by Crippen LogP contribution is 2.08. The predicted octanol–water partition coefficient (Wildman–Crippen LogP) is 2.52. The number of aromatic nitrogens is 1. The molecular formula is C9H15N. The molecule has 0 fully saturated rings. The molecule has 1 heterocycles. The summed E-state index contributed by atoms with van der Waals surface area (Å²) < 4.78 is 0. The lowest BCUT2D eigenvalue weighted by atomic mass is 10.1. The largest absolute Gasteiger partial charge is 0.365 e. The van der Waals surface area contributed by atoms with Gasteiger partial charge in [-0.1, -0.05) is 13.8 Å². The molecule has 0 saturated heterocycles. The number of H-pyrrole nitrogens is 1. The van der Waals surface area contributed by atoms with Crippen LogP contribution in [0.15, 0.2) is 12.3 Å². The van der Waals surface area contributed by atoms with Crippen molar-refractivity contribution >= 4 is 0 Å². The fourth-order valence-corrected chi connectivity index (χ4v) is 1.16. The second-order valence-electron chi connectivity index (χ2n) is 3.29. The average molecular weight is 137 g/mol. The van der Waals surface area contributed by atoms with Crippen LogP contribution in [0.3, 0.4) is 0 Å². The summed E-state index contributed by atoms with van der Waals surface area (Å²) in [6.45, 7) is 6.56. The molecule has 0 amide bonds. The molecule has 0 aliphatic carbocycles. The Bertz CT molecular complexity index is 198. The zero-order valence-corrected chi connectivity index (χ0v) is 6.94. The zero-order valence-electron chi connectivity index (χ0n) is 6.94. The third-order valence-electron chi connectivity index (χ3n) is 1.53. The second-order valence-corrected chi connectivity index (χ2v) is 3.29. The van der Waals surface area contributed by atoms with Gasteiger partial charge >= 0.3 is 0 Å². The van der Waals surface area contributed by atoms with E-state index in [-0.39, 0.29) is 0 Å². The molecule has 1 rings (SSSR count). The lowest BCUT2D eigenvalue weighted by Gasteiger charge is -1.99. The highest BCUT2D eigenvalue weighted by Gasteiger charge is 1.97. The van der Waals surface area contributed by atoms with Crippen molar-refractivity contribution in [1.82, 2.24) is 4.98 Å². The topological polar surface area (TPSA) is 15.8 Å². The van der Waals surface area contributed by atoms with Crippen LogP contribution in [0.1, 0.15) is 25.1 Å². The predicted molar refractivity (Wildman–Crippen MR) is 44.1 cm³/mol. The van der Waals surface area contributed by atoms with Crippen molar-refractivity contribution in [1.29, 1.82) is 0 Å². The summed E-state index contributed by atoms with van der Waals surface area (Å²) in [5, 5.41) is 0. The minimum atomic E-state index is 0.759. The smallest absolute Gasteiger partial charge is 0.0118 e. The molecule has 1 N–H and O–H groups in total. The lowest BCUT2D eigenvalue weighted by Crippen LogP contribution is -1.90. The van der Waals surface area contributed by atoms with Crippen LogP contribution in [0.2, 0.25) is 0 Å². The van der Waals surface area contributed by atoms with E-state index in [1.807, 2.05) is 0 Å². The van der Waals surface area contributed by atoms with Gasteiger partial charge in [0.15, 0.2) is 0 Å². The highest BCUT2D eigenvalue weighted by atomic mass is 14.7. The Hall–Kier alpha value is -0.720. The molecule has 0 aromatic carbocycles.